The lowest BCUT2D eigenvalue weighted by Gasteiger charge is -2.37. The standard InChI is InChI=1S/C16H22ClN3O2/c17-13-3-1-2-4-14(13)19-7-9-20(10-8-19)16(21)15-6-5-12(11-18)22-15/h1-4,12,15H,5-11,18H2/t12-,15+/m1/s1. The number of anilines is 1. The molecule has 22 heavy (non-hydrogen) atoms. The molecule has 2 heterocycles. The number of hydrogen-bond donors (Lipinski definition) is 1. The van der Waals surface area contributed by atoms with Gasteiger partial charge in [-0.15, -0.1) is 0 Å². The van der Waals surface area contributed by atoms with E-state index in [1.807, 2.05) is 29.2 Å². The molecule has 2 N–H and O–H groups in total. The van der Waals surface area contributed by atoms with Gasteiger partial charge in [-0.05, 0) is 25.0 Å². The van der Waals surface area contributed by atoms with Gasteiger partial charge < -0.3 is 20.3 Å². The average Bonchev–Trinajstić information content (AvgIpc) is 3.04. The Morgan fingerprint density at radius 3 is 2.59 bits per heavy atom. The van der Waals surface area contributed by atoms with Crippen LogP contribution in [-0.4, -0.2) is 55.7 Å². The zero-order valence-electron chi connectivity index (χ0n) is 12.6. The van der Waals surface area contributed by atoms with Gasteiger partial charge in [-0.25, -0.2) is 0 Å². The summed E-state index contributed by atoms with van der Waals surface area (Å²) in [6.07, 6.45) is 1.40. The molecule has 1 aromatic carbocycles. The van der Waals surface area contributed by atoms with Crippen molar-refractivity contribution in [2.24, 2.45) is 5.73 Å². The number of hydrogen-bond acceptors (Lipinski definition) is 4. The summed E-state index contributed by atoms with van der Waals surface area (Å²) in [5, 5.41) is 0.757. The topological polar surface area (TPSA) is 58.8 Å². The van der Waals surface area contributed by atoms with Crippen molar-refractivity contribution in [1.82, 2.24) is 4.90 Å². The Labute approximate surface area is 136 Å². The molecule has 0 bridgehead atoms. The van der Waals surface area contributed by atoms with Gasteiger partial charge in [0.1, 0.15) is 6.10 Å². The molecule has 120 valence electrons. The van der Waals surface area contributed by atoms with Gasteiger partial charge in [-0.3, -0.25) is 4.79 Å². The fraction of sp³-hybridized carbons (Fsp3) is 0.562. The molecule has 2 aliphatic rings. The van der Waals surface area contributed by atoms with Gasteiger partial charge in [0.05, 0.1) is 16.8 Å². The third kappa shape index (κ3) is 3.21. The minimum absolute atomic E-state index is 0.0402. The molecular weight excluding hydrogens is 302 g/mol. The number of ether oxygens (including phenoxy) is 1. The van der Waals surface area contributed by atoms with E-state index in [4.69, 9.17) is 22.1 Å². The second-order valence-corrected chi connectivity index (χ2v) is 6.23. The van der Waals surface area contributed by atoms with Gasteiger partial charge in [-0.1, -0.05) is 23.7 Å². The van der Waals surface area contributed by atoms with E-state index in [0.717, 1.165) is 36.6 Å². The SMILES string of the molecule is NC[C@H]1CC[C@@H](C(=O)N2CCN(c3ccccc3Cl)CC2)O1. The van der Waals surface area contributed by atoms with Crippen LogP contribution in [0.5, 0.6) is 0 Å². The lowest BCUT2D eigenvalue weighted by Crippen LogP contribution is -2.51. The van der Waals surface area contributed by atoms with Crippen LogP contribution >= 0.6 is 11.6 Å². The predicted octanol–water partition coefficient (Wildman–Crippen LogP) is 1.49. The molecule has 1 amide bonds. The van der Waals surface area contributed by atoms with E-state index >= 15 is 0 Å². The summed E-state index contributed by atoms with van der Waals surface area (Å²) in [5.74, 6) is 0.106. The predicted molar refractivity (Wildman–Crippen MR) is 87.2 cm³/mol. The van der Waals surface area contributed by atoms with Crippen LogP contribution in [0.25, 0.3) is 0 Å². The van der Waals surface area contributed by atoms with Gasteiger partial charge in [-0.2, -0.15) is 0 Å². The van der Waals surface area contributed by atoms with E-state index in [1.165, 1.54) is 0 Å². The molecular formula is C16H22ClN3O2. The number of nitrogens with zero attached hydrogens (tertiary/aromatic N) is 2. The number of halogens is 1. The van der Waals surface area contributed by atoms with Gasteiger partial charge in [0.2, 0.25) is 0 Å². The average molecular weight is 324 g/mol. The van der Waals surface area contributed by atoms with Crippen LogP contribution in [0.1, 0.15) is 12.8 Å². The molecule has 6 heteroatoms. The van der Waals surface area contributed by atoms with Crippen molar-refractivity contribution < 1.29 is 9.53 Å². The molecule has 2 fully saturated rings. The first-order chi connectivity index (χ1) is 10.7. The van der Waals surface area contributed by atoms with Crippen molar-refractivity contribution in [3.63, 3.8) is 0 Å². The monoisotopic (exact) mass is 323 g/mol. The molecule has 2 aliphatic heterocycles. The fourth-order valence-corrected chi connectivity index (χ4v) is 3.40. The minimum Gasteiger partial charge on any atom is -0.367 e. The van der Waals surface area contributed by atoms with Gasteiger partial charge >= 0.3 is 0 Å². The molecule has 0 aliphatic carbocycles. The fourth-order valence-electron chi connectivity index (χ4n) is 3.14. The Balaban J connectivity index is 1.56. The van der Waals surface area contributed by atoms with Gasteiger partial charge in [0.25, 0.3) is 5.91 Å². The first-order valence-electron chi connectivity index (χ1n) is 7.83. The summed E-state index contributed by atoms with van der Waals surface area (Å²) < 4.78 is 5.71. The molecule has 2 atom stereocenters. The number of amides is 1. The number of para-hydroxylation sites is 1. The summed E-state index contributed by atoms with van der Waals surface area (Å²) >= 11 is 6.24. The maximum Gasteiger partial charge on any atom is 0.251 e. The smallest absolute Gasteiger partial charge is 0.251 e. The Hall–Kier alpha value is -1.30. The Bertz CT molecular complexity index is 532. The van der Waals surface area contributed by atoms with E-state index in [1.54, 1.807) is 0 Å². The quantitative estimate of drug-likeness (QED) is 0.915. The van der Waals surface area contributed by atoms with E-state index in [2.05, 4.69) is 4.90 Å². The number of carbonyl (C=O) groups is 1. The highest BCUT2D eigenvalue weighted by Gasteiger charge is 2.34. The summed E-state index contributed by atoms with van der Waals surface area (Å²) in [6.45, 7) is 3.49. The third-order valence-corrected chi connectivity index (χ3v) is 4.75. The number of rotatable bonds is 3. The van der Waals surface area contributed by atoms with Crippen LogP contribution < -0.4 is 10.6 Å². The molecule has 3 rings (SSSR count). The molecule has 0 aromatic heterocycles. The van der Waals surface area contributed by atoms with E-state index < -0.39 is 0 Å². The van der Waals surface area contributed by atoms with Crippen LogP contribution in [0.3, 0.4) is 0 Å². The van der Waals surface area contributed by atoms with Crippen molar-refractivity contribution in [3.8, 4) is 0 Å². The van der Waals surface area contributed by atoms with Crippen LogP contribution in [0.4, 0.5) is 5.69 Å². The number of benzene rings is 1. The van der Waals surface area contributed by atoms with Crippen molar-refractivity contribution in [2.45, 2.75) is 25.0 Å². The number of piperazine rings is 1. The van der Waals surface area contributed by atoms with Gasteiger partial charge in [0.15, 0.2) is 0 Å². The molecule has 1 aromatic rings. The van der Waals surface area contributed by atoms with Crippen LogP contribution in [-0.2, 0) is 9.53 Å². The minimum atomic E-state index is -0.305. The second kappa shape index (κ2) is 6.86. The van der Waals surface area contributed by atoms with Crippen molar-refractivity contribution in [1.29, 1.82) is 0 Å². The first kappa shape index (κ1) is 15.6. The summed E-state index contributed by atoms with van der Waals surface area (Å²) in [6, 6.07) is 7.83. The van der Waals surface area contributed by atoms with Crippen LogP contribution in [0, 0.1) is 0 Å². The lowest BCUT2D eigenvalue weighted by molar-refractivity contribution is -0.143. The van der Waals surface area contributed by atoms with Crippen molar-refractivity contribution >= 4 is 23.2 Å². The molecule has 2 saturated heterocycles. The maximum absolute atomic E-state index is 12.5. The maximum atomic E-state index is 12.5. The zero-order chi connectivity index (χ0) is 15.5. The number of carbonyl (C=O) groups excluding carboxylic acids is 1. The Morgan fingerprint density at radius 2 is 1.95 bits per heavy atom. The molecule has 0 radical (unpaired) electrons. The van der Waals surface area contributed by atoms with Gasteiger partial charge in [0, 0.05) is 32.7 Å². The zero-order valence-corrected chi connectivity index (χ0v) is 13.3. The number of nitrogens with two attached hydrogens (primary N) is 1. The highest BCUT2D eigenvalue weighted by molar-refractivity contribution is 6.33. The Kier molecular flexibility index (Phi) is 4.86. The molecule has 0 unspecified atom stereocenters. The van der Waals surface area contributed by atoms with Crippen molar-refractivity contribution in [2.75, 3.05) is 37.6 Å². The summed E-state index contributed by atoms with van der Waals surface area (Å²) in [7, 11) is 0. The molecule has 5 nitrogen and oxygen atoms in total. The van der Waals surface area contributed by atoms with E-state index in [-0.39, 0.29) is 18.1 Å². The van der Waals surface area contributed by atoms with Crippen LogP contribution in [0.15, 0.2) is 24.3 Å². The first-order valence-corrected chi connectivity index (χ1v) is 8.20. The van der Waals surface area contributed by atoms with E-state index in [9.17, 15) is 4.79 Å². The highest BCUT2D eigenvalue weighted by Crippen LogP contribution is 2.27. The third-order valence-electron chi connectivity index (χ3n) is 4.43. The highest BCUT2D eigenvalue weighted by atomic mass is 35.5. The second-order valence-electron chi connectivity index (χ2n) is 5.82. The Morgan fingerprint density at radius 1 is 1.23 bits per heavy atom. The largest absolute Gasteiger partial charge is 0.367 e. The van der Waals surface area contributed by atoms with E-state index in [0.29, 0.717) is 19.6 Å². The van der Waals surface area contributed by atoms with Crippen LogP contribution in [0.2, 0.25) is 5.02 Å². The normalized spacial score (nSPS) is 25.5. The van der Waals surface area contributed by atoms with Crippen molar-refractivity contribution in [3.05, 3.63) is 29.3 Å². The lowest BCUT2D eigenvalue weighted by atomic mass is 10.1. The molecule has 0 spiro atoms. The summed E-state index contributed by atoms with van der Waals surface area (Å²) in [5.41, 5.74) is 6.64. The summed E-state index contributed by atoms with van der Waals surface area (Å²) in [4.78, 5) is 16.6. The molecule has 0 saturated carbocycles.